The second kappa shape index (κ2) is 5.59. The van der Waals surface area contributed by atoms with Crippen LogP contribution in [0.5, 0.6) is 0 Å². The number of nitrogens with one attached hydrogen (secondary N) is 1. The zero-order valence-corrected chi connectivity index (χ0v) is 13.2. The van der Waals surface area contributed by atoms with Gasteiger partial charge in [0.2, 0.25) is 5.91 Å². The molecule has 1 aliphatic carbocycles. The average molecular weight is 341 g/mol. The molecule has 19 heavy (non-hydrogen) atoms. The van der Waals surface area contributed by atoms with Crippen molar-refractivity contribution in [2.75, 3.05) is 5.32 Å². The summed E-state index contributed by atoms with van der Waals surface area (Å²) < 4.78 is 0.799. The second-order valence-electron chi connectivity index (χ2n) is 5.28. The number of carbonyl (C=O) groups excluding carboxylic acids is 1. The van der Waals surface area contributed by atoms with Gasteiger partial charge in [-0.2, -0.15) is 0 Å². The van der Waals surface area contributed by atoms with Crippen LogP contribution in [0.25, 0.3) is 0 Å². The Morgan fingerprint density at radius 2 is 2.05 bits per heavy atom. The fourth-order valence-corrected chi connectivity index (χ4v) is 3.03. The summed E-state index contributed by atoms with van der Waals surface area (Å²) in [6.07, 6.45) is 4.18. The highest BCUT2D eigenvalue weighted by atomic mass is 79.9. The van der Waals surface area contributed by atoms with Gasteiger partial charge in [-0.05, 0) is 47.0 Å². The van der Waals surface area contributed by atoms with Gasteiger partial charge in [0.1, 0.15) is 4.99 Å². The maximum atomic E-state index is 12.3. The van der Waals surface area contributed by atoms with Gasteiger partial charge in [-0.15, -0.1) is 0 Å². The molecule has 1 aromatic rings. The molecule has 0 bridgehead atoms. The highest BCUT2D eigenvalue weighted by Crippen LogP contribution is 2.39. The molecular weight excluding hydrogens is 324 g/mol. The topological polar surface area (TPSA) is 55.1 Å². The zero-order valence-electron chi connectivity index (χ0n) is 10.8. The van der Waals surface area contributed by atoms with Crippen LogP contribution in [0.4, 0.5) is 5.69 Å². The highest BCUT2D eigenvalue weighted by Gasteiger charge is 2.36. The molecule has 0 aromatic heterocycles. The molecule has 0 atom stereocenters. The van der Waals surface area contributed by atoms with Gasteiger partial charge in [-0.1, -0.05) is 32.0 Å². The largest absolute Gasteiger partial charge is 0.389 e. The van der Waals surface area contributed by atoms with Gasteiger partial charge in [0.25, 0.3) is 0 Å². The van der Waals surface area contributed by atoms with Crippen molar-refractivity contribution in [3.63, 3.8) is 0 Å². The maximum Gasteiger partial charge on any atom is 0.230 e. The number of nitrogens with two attached hydrogens (primary N) is 1. The monoisotopic (exact) mass is 340 g/mol. The van der Waals surface area contributed by atoms with Gasteiger partial charge >= 0.3 is 0 Å². The van der Waals surface area contributed by atoms with Crippen molar-refractivity contribution in [3.05, 3.63) is 28.2 Å². The third-order valence-electron chi connectivity index (χ3n) is 3.76. The summed E-state index contributed by atoms with van der Waals surface area (Å²) >= 11 is 8.37. The molecule has 1 aliphatic rings. The van der Waals surface area contributed by atoms with E-state index in [2.05, 4.69) is 21.2 Å². The molecule has 2 rings (SSSR count). The Morgan fingerprint density at radius 1 is 1.42 bits per heavy atom. The van der Waals surface area contributed by atoms with Gasteiger partial charge in [0.05, 0.1) is 5.69 Å². The van der Waals surface area contributed by atoms with E-state index >= 15 is 0 Å². The summed E-state index contributed by atoms with van der Waals surface area (Å²) in [7, 11) is 0. The number of hydrogen-bond donors (Lipinski definition) is 2. The molecule has 102 valence electrons. The molecule has 0 heterocycles. The number of carbonyl (C=O) groups is 1. The van der Waals surface area contributed by atoms with E-state index in [-0.39, 0.29) is 11.3 Å². The number of thiocarbonyl (C=S) groups is 1. The van der Waals surface area contributed by atoms with Crippen molar-refractivity contribution in [2.45, 2.75) is 32.6 Å². The van der Waals surface area contributed by atoms with Crippen LogP contribution in [0, 0.1) is 5.41 Å². The minimum atomic E-state index is -0.235. The second-order valence-corrected chi connectivity index (χ2v) is 6.57. The van der Waals surface area contributed by atoms with E-state index in [1.165, 1.54) is 0 Å². The van der Waals surface area contributed by atoms with Gasteiger partial charge in [0.15, 0.2) is 0 Å². The van der Waals surface area contributed by atoms with E-state index in [0.29, 0.717) is 4.99 Å². The van der Waals surface area contributed by atoms with E-state index < -0.39 is 0 Å². The Kier molecular flexibility index (Phi) is 4.26. The van der Waals surface area contributed by atoms with Crippen LogP contribution in [0.3, 0.4) is 0 Å². The van der Waals surface area contributed by atoms with E-state index in [1.54, 1.807) is 0 Å². The maximum absolute atomic E-state index is 12.3. The summed E-state index contributed by atoms with van der Waals surface area (Å²) in [5, 5.41) is 2.99. The van der Waals surface area contributed by atoms with Crippen LogP contribution in [-0.2, 0) is 4.79 Å². The van der Waals surface area contributed by atoms with Gasteiger partial charge in [-0.3, -0.25) is 4.79 Å². The lowest BCUT2D eigenvalue weighted by Gasteiger charge is -2.22. The first-order valence-electron chi connectivity index (χ1n) is 6.33. The Hall–Kier alpha value is -0.940. The van der Waals surface area contributed by atoms with Gasteiger partial charge in [0, 0.05) is 15.5 Å². The van der Waals surface area contributed by atoms with Crippen molar-refractivity contribution in [2.24, 2.45) is 11.1 Å². The first-order valence-corrected chi connectivity index (χ1v) is 7.53. The Morgan fingerprint density at radius 3 is 2.58 bits per heavy atom. The molecule has 1 amide bonds. The standard InChI is InChI=1S/C14H17BrN2OS/c1-14(6-2-3-7-14)13(18)17-11-5-4-9(12(16)19)8-10(11)15/h4-5,8H,2-3,6-7H2,1H3,(H2,16,19)(H,17,18). The summed E-state index contributed by atoms with van der Waals surface area (Å²) in [5.74, 6) is 0.0915. The number of hydrogen-bond acceptors (Lipinski definition) is 2. The number of anilines is 1. The summed E-state index contributed by atoms with van der Waals surface area (Å²) in [6, 6.07) is 5.48. The van der Waals surface area contributed by atoms with Crippen LogP contribution in [0.1, 0.15) is 38.2 Å². The molecule has 3 nitrogen and oxygen atoms in total. The third kappa shape index (κ3) is 3.15. The molecule has 0 aliphatic heterocycles. The molecule has 0 radical (unpaired) electrons. The normalized spacial score (nSPS) is 17.2. The van der Waals surface area contributed by atoms with E-state index in [4.69, 9.17) is 18.0 Å². The number of rotatable bonds is 3. The van der Waals surface area contributed by atoms with Crippen molar-refractivity contribution in [1.29, 1.82) is 0 Å². The minimum Gasteiger partial charge on any atom is -0.389 e. The SMILES string of the molecule is CC1(C(=O)Nc2ccc(C(N)=S)cc2Br)CCCC1. The molecule has 1 fully saturated rings. The third-order valence-corrected chi connectivity index (χ3v) is 4.65. The summed E-state index contributed by atoms with van der Waals surface area (Å²) in [4.78, 5) is 12.7. The smallest absolute Gasteiger partial charge is 0.230 e. The van der Waals surface area contributed by atoms with Crippen molar-refractivity contribution in [3.8, 4) is 0 Å². The molecule has 1 aromatic carbocycles. The van der Waals surface area contributed by atoms with Crippen LogP contribution in [0.2, 0.25) is 0 Å². The van der Waals surface area contributed by atoms with Crippen LogP contribution in [-0.4, -0.2) is 10.9 Å². The lowest BCUT2D eigenvalue weighted by atomic mass is 9.88. The first kappa shape index (κ1) is 14.5. The first-order chi connectivity index (χ1) is 8.92. The van der Waals surface area contributed by atoms with E-state index in [9.17, 15) is 4.79 Å². The van der Waals surface area contributed by atoms with Crippen LogP contribution < -0.4 is 11.1 Å². The molecule has 0 spiro atoms. The van der Waals surface area contributed by atoms with Crippen molar-refractivity contribution < 1.29 is 4.79 Å². The minimum absolute atomic E-state index is 0.0915. The number of halogens is 1. The number of benzene rings is 1. The molecule has 0 saturated heterocycles. The van der Waals surface area contributed by atoms with Crippen LogP contribution >= 0.6 is 28.1 Å². The van der Waals surface area contributed by atoms with Crippen molar-refractivity contribution >= 4 is 44.7 Å². The molecule has 5 heteroatoms. The van der Waals surface area contributed by atoms with Gasteiger partial charge in [-0.25, -0.2) is 0 Å². The van der Waals surface area contributed by atoms with Crippen LogP contribution in [0.15, 0.2) is 22.7 Å². The Bertz CT molecular complexity index is 524. The lowest BCUT2D eigenvalue weighted by Crippen LogP contribution is -2.30. The molecule has 3 N–H and O–H groups in total. The molecular formula is C14H17BrN2OS. The number of amides is 1. The van der Waals surface area contributed by atoms with Crippen molar-refractivity contribution in [1.82, 2.24) is 0 Å². The predicted octanol–water partition coefficient (Wildman–Crippen LogP) is 3.60. The Balaban J connectivity index is 2.15. The molecule has 0 unspecified atom stereocenters. The zero-order chi connectivity index (χ0) is 14.0. The highest BCUT2D eigenvalue weighted by molar-refractivity contribution is 9.10. The van der Waals surface area contributed by atoms with Gasteiger partial charge < -0.3 is 11.1 Å². The fourth-order valence-electron chi connectivity index (χ4n) is 2.43. The lowest BCUT2D eigenvalue weighted by molar-refractivity contribution is -0.124. The average Bonchev–Trinajstić information content (AvgIpc) is 2.80. The molecule has 1 saturated carbocycles. The van der Waals surface area contributed by atoms with E-state index in [1.807, 2.05) is 25.1 Å². The predicted molar refractivity (Wildman–Crippen MR) is 85.2 cm³/mol. The summed E-state index contributed by atoms with van der Waals surface area (Å²) in [6.45, 7) is 2.03. The van der Waals surface area contributed by atoms with E-state index in [0.717, 1.165) is 41.4 Å². The Labute approximate surface area is 127 Å². The fraction of sp³-hybridized carbons (Fsp3) is 0.429. The summed E-state index contributed by atoms with van der Waals surface area (Å²) in [5.41, 5.74) is 6.89. The quantitative estimate of drug-likeness (QED) is 0.826.